The van der Waals surface area contributed by atoms with Gasteiger partial charge in [-0.05, 0) is 144 Å². The molecule has 0 heterocycles. The van der Waals surface area contributed by atoms with Gasteiger partial charge in [0.15, 0.2) is 0 Å². The summed E-state index contributed by atoms with van der Waals surface area (Å²) in [5, 5.41) is 8.06. The summed E-state index contributed by atoms with van der Waals surface area (Å²) >= 11 is 0. The molecule has 0 nitrogen and oxygen atoms in total. The number of hydrogen-bond acceptors (Lipinski definition) is 0. The van der Waals surface area contributed by atoms with Crippen LogP contribution in [0.5, 0.6) is 0 Å². The first-order valence-electron chi connectivity index (χ1n) is 19.5. The third kappa shape index (κ3) is 3.83. The predicted molar refractivity (Wildman–Crippen MR) is 219 cm³/mol. The van der Waals surface area contributed by atoms with Gasteiger partial charge in [0.05, 0.1) is 0 Å². The summed E-state index contributed by atoms with van der Waals surface area (Å²) in [7, 11) is 0. The molecule has 0 unspecified atom stereocenters. The summed E-state index contributed by atoms with van der Waals surface area (Å²) in [5.41, 5.74) is 14.2. The van der Waals surface area contributed by atoms with Crippen LogP contribution in [0.1, 0.15) is 43.2 Å². The lowest BCUT2D eigenvalue weighted by atomic mass is 9.43. The van der Waals surface area contributed by atoms with Gasteiger partial charge in [-0.1, -0.05) is 158 Å². The maximum atomic E-state index is 2.57. The smallest absolute Gasteiger partial charge is 0.0272 e. The van der Waals surface area contributed by atoms with Gasteiger partial charge in [-0.2, -0.15) is 0 Å². The molecule has 0 N–H and O–H groups in total. The number of hydrogen-bond donors (Lipinski definition) is 0. The normalized spacial score (nSPS) is 23.8. The fraction of sp³-hybridized carbons (Fsp3) is 0.192. The highest BCUT2D eigenvalue weighted by molar-refractivity contribution is 6.25. The molecular weight excluding hydrogens is 625 g/mol. The van der Waals surface area contributed by atoms with Gasteiger partial charge < -0.3 is 0 Å². The van der Waals surface area contributed by atoms with Crippen LogP contribution in [0.2, 0.25) is 0 Å². The summed E-state index contributed by atoms with van der Waals surface area (Å²) < 4.78 is 0. The minimum absolute atomic E-state index is 0.153. The first-order valence-corrected chi connectivity index (χ1v) is 19.5. The number of fused-ring (bicyclic) bond motifs is 7. The van der Waals surface area contributed by atoms with E-state index in [0.717, 1.165) is 23.7 Å². The molecule has 0 aromatic heterocycles. The van der Waals surface area contributed by atoms with Crippen molar-refractivity contribution in [1.82, 2.24) is 0 Å². The van der Waals surface area contributed by atoms with E-state index in [1.54, 1.807) is 11.1 Å². The number of rotatable bonds is 3. The van der Waals surface area contributed by atoms with Crippen molar-refractivity contribution in [3.63, 3.8) is 0 Å². The van der Waals surface area contributed by atoms with Crippen molar-refractivity contribution in [2.45, 2.75) is 37.5 Å². The molecule has 0 amide bonds. The van der Waals surface area contributed by atoms with Crippen molar-refractivity contribution in [2.75, 3.05) is 0 Å². The summed E-state index contributed by atoms with van der Waals surface area (Å²) in [6.45, 7) is 0. The molecule has 13 rings (SSSR count). The van der Waals surface area contributed by atoms with Gasteiger partial charge >= 0.3 is 0 Å². The van der Waals surface area contributed by atoms with E-state index < -0.39 is 0 Å². The second kappa shape index (κ2) is 10.8. The Morgan fingerprint density at radius 2 is 0.885 bits per heavy atom. The van der Waals surface area contributed by atoms with Crippen molar-refractivity contribution in [2.24, 2.45) is 23.7 Å². The Balaban J connectivity index is 1.14. The lowest BCUT2D eigenvalue weighted by Gasteiger charge is -2.61. The summed E-state index contributed by atoms with van der Waals surface area (Å²) in [6.07, 6.45) is 7.10. The Bertz CT molecular complexity index is 2650. The van der Waals surface area contributed by atoms with Crippen LogP contribution in [0, 0.1) is 23.7 Å². The molecule has 4 fully saturated rings. The SMILES string of the molecule is c1ccc(-c2ccc(-c3c4ccccc4c(-c4cccc5ccc6c(c45)-c4ccccc4C64C5CC6CC(C5)CC4C6)c4ccccc34)cc2)cc1. The zero-order valence-corrected chi connectivity index (χ0v) is 29.4. The average molecular weight is 665 g/mol. The van der Waals surface area contributed by atoms with Gasteiger partial charge in [0.1, 0.15) is 0 Å². The van der Waals surface area contributed by atoms with Crippen LogP contribution < -0.4 is 0 Å². The van der Waals surface area contributed by atoms with Gasteiger partial charge in [-0.15, -0.1) is 0 Å². The van der Waals surface area contributed by atoms with Crippen LogP contribution in [-0.4, -0.2) is 0 Å². The molecule has 5 aliphatic carbocycles. The zero-order valence-electron chi connectivity index (χ0n) is 29.4. The van der Waals surface area contributed by atoms with E-state index in [1.165, 1.54) is 109 Å². The third-order valence-electron chi connectivity index (χ3n) is 14.0. The van der Waals surface area contributed by atoms with Gasteiger partial charge in [0, 0.05) is 5.41 Å². The maximum Gasteiger partial charge on any atom is 0.0272 e. The topological polar surface area (TPSA) is 0 Å². The van der Waals surface area contributed by atoms with E-state index >= 15 is 0 Å². The molecule has 248 valence electrons. The minimum atomic E-state index is 0.153. The zero-order chi connectivity index (χ0) is 34.0. The molecule has 8 aromatic carbocycles. The molecule has 8 aromatic rings. The monoisotopic (exact) mass is 664 g/mol. The Morgan fingerprint density at radius 3 is 1.56 bits per heavy atom. The molecule has 4 saturated carbocycles. The largest absolute Gasteiger partial charge is 0.0622 e. The maximum absolute atomic E-state index is 2.57. The quantitative estimate of drug-likeness (QED) is 0.165. The Kier molecular flexibility index (Phi) is 6.04. The van der Waals surface area contributed by atoms with Crippen molar-refractivity contribution in [3.8, 4) is 44.5 Å². The molecule has 1 spiro atoms. The van der Waals surface area contributed by atoms with Crippen molar-refractivity contribution in [1.29, 1.82) is 0 Å². The molecule has 0 heteroatoms. The average Bonchev–Trinajstić information content (AvgIpc) is 3.50. The first kappa shape index (κ1) is 29.2. The van der Waals surface area contributed by atoms with Gasteiger partial charge in [-0.25, -0.2) is 0 Å². The Morgan fingerprint density at radius 1 is 0.346 bits per heavy atom. The molecule has 4 bridgehead atoms. The summed E-state index contributed by atoms with van der Waals surface area (Å²) in [4.78, 5) is 0. The second-order valence-corrected chi connectivity index (χ2v) is 16.4. The van der Waals surface area contributed by atoms with Crippen LogP contribution in [0.15, 0.2) is 158 Å². The Labute approximate surface area is 305 Å². The van der Waals surface area contributed by atoms with E-state index in [2.05, 4.69) is 158 Å². The van der Waals surface area contributed by atoms with E-state index in [1.807, 2.05) is 0 Å². The Hall–Kier alpha value is -5.46. The molecule has 52 heavy (non-hydrogen) atoms. The molecule has 0 aliphatic heterocycles. The minimum Gasteiger partial charge on any atom is -0.0622 e. The fourth-order valence-corrected chi connectivity index (χ4v) is 12.4. The van der Waals surface area contributed by atoms with Crippen molar-refractivity contribution in [3.05, 3.63) is 169 Å². The fourth-order valence-electron chi connectivity index (χ4n) is 12.4. The second-order valence-electron chi connectivity index (χ2n) is 16.4. The molecule has 5 aliphatic rings. The van der Waals surface area contributed by atoms with Gasteiger partial charge in [-0.3, -0.25) is 0 Å². The molecular formula is C52H40. The predicted octanol–water partition coefficient (Wildman–Crippen LogP) is 13.9. The van der Waals surface area contributed by atoms with Crippen LogP contribution in [0.4, 0.5) is 0 Å². The third-order valence-corrected chi connectivity index (χ3v) is 14.0. The van der Waals surface area contributed by atoms with Crippen molar-refractivity contribution < 1.29 is 0 Å². The van der Waals surface area contributed by atoms with Crippen LogP contribution >= 0.6 is 0 Å². The lowest BCUT2D eigenvalue weighted by molar-refractivity contribution is -0.0399. The van der Waals surface area contributed by atoms with Crippen LogP contribution in [0.3, 0.4) is 0 Å². The summed E-state index contributed by atoms with van der Waals surface area (Å²) in [6, 6.07) is 60.0. The van der Waals surface area contributed by atoms with E-state index in [0.29, 0.717) is 0 Å². The van der Waals surface area contributed by atoms with Crippen LogP contribution in [-0.2, 0) is 5.41 Å². The van der Waals surface area contributed by atoms with Gasteiger partial charge in [0.2, 0.25) is 0 Å². The number of benzene rings is 8. The highest BCUT2D eigenvalue weighted by atomic mass is 14.6. The van der Waals surface area contributed by atoms with Crippen LogP contribution in [0.25, 0.3) is 76.8 Å². The van der Waals surface area contributed by atoms with E-state index in [9.17, 15) is 0 Å². The van der Waals surface area contributed by atoms with E-state index in [4.69, 9.17) is 0 Å². The molecule has 0 saturated heterocycles. The standard InChI is InChI=1S/C52H40/c1-2-11-34(12-3-1)35-21-23-37(24-22-35)48-40-14-4-6-16-42(40)50(43-17-7-5-15-41(43)48)45-19-10-13-36-25-26-47-51(49(36)45)44-18-8-9-20-46(44)52(47)38-28-32-27-33(30-38)31-39(52)29-32/h1-26,32-33,38-39H,27-31H2. The van der Waals surface area contributed by atoms with E-state index in [-0.39, 0.29) is 5.41 Å². The highest BCUT2D eigenvalue weighted by Crippen LogP contribution is 2.70. The van der Waals surface area contributed by atoms with Crippen molar-refractivity contribution >= 4 is 32.3 Å². The van der Waals surface area contributed by atoms with Gasteiger partial charge in [0.25, 0.3) is 0 Å². The molecule has 0 radical (unpaired) electrons. The lowest BCUT2D eigenvalue weighted by Crippen LogP contribution is -2.55. The highest BCUT2D eigenvalue weighted by Gasteiger charge is 2.61. The summed E-state index contributed by atoms with van der Waals surface area (Å²) in [5.74, 6) is 3.38. The molecule has 0 atom stereocenters. The first-order chi connectivity index (χ1) is 25.8.